The zero-order chi connectivity index (χ0) is 18.0. The molecule has 0 saturated heterocycles. The minimum absolute atomic E-state index is 0.0348. The highest BCUT2D eigenvalue weighted by Crippen LogP contribution is 2.30. The number of halogens is 1. The van der Waals surface area contributed by atoms with Crippen molar-refractivity contribution in [1.82, 2.24) is 0 Å². The van der Waals surface area contributed by atoms with Crippen LogP contribution in [0.3, 0.4) is 0 Å². The van der Waals surface area contributed by atoms with Crippen molar-refractivity contribution < 1.29 is 18.3 Å². The number of nitrogens with one attached hydrogen (secondary N) is 1. The summed E-state index contributed by atoms with van der Waals surface area (Å²) in [5.41, 5.74) is 1.08. The molecular weight excluding hydrogens is 408 g/mol. The van der Waals surface area contributed by atoms with Crippen LogP contribution in [0.15, 0.2) is 56.2 Å². The average molecular weight is 423 g/mol. The van der Waals surface area contributed by atoms with Gasteiger partial charge in [-0.3, -0.25) is 4.79 Å². The second-order valence-electron chi connectivity index (χ2n) is 5.59. The fourth-order valence-corrected chi connectivity index (χ4v) is 4.20. The predicted molar refractivity (Wildman–Crippen MR) is 98.4 cm³/mol. The first kappa shape index (κ1) is 17.6. The lowest BCUT2D eigenvalue weighted by atomic mass is 10.1. The number of ketones is 1. The topological polar surface area (TPSA) is 95.8 Å². The van der Waals surface area contributed by atoms with Gasteiger partial charge < -0.3 is 10.4 Å². The number of nitrogens with zero attached hydrogens (tertiary/aromatic N) is 1. The van der Waals surface area contributed by atoms with E-state index in [9.17, 15) is 18.3 Å². The third-order valence-electron chi connectivity index (χ3n) is 3.79. The average Bonchev–Trinajstić information content (AvgIpc) is 2.56. The number of hydrogen-bond acceptors (Lipinski definition) is 5. The van der Waals surface area contributed by atoms with Gasteiger partial charge in [0, 0.05) is 10.9 Å². The highest BCUT2D eigenvalue weighted by Gasteiger charge is 2.27. The first-order valence-electron chi connectivity index (χ1n) is 7.58. The van der Waals surface area contributed by atoms with Gasteiger partial charge in [0.1, 0.15) is 10.6 Å². The summed E-state index contributed by atoms with van der Waals surface area (Å²) in [6, 6.07) is 11.6. The number of rotatable bonds is 5. The molecule has 0 spiro atoms. The molecule has 25 heavy (non-hydrogen) atoms. The van der Waals surface area contributed by atoms with E-state index in [0.717, 1.165) is 5.56 Å². The Morgan fingerprint density at radius 3 is 2.72 bits per heavy atom. The molecule has 1 aliphatic rings. The molecule has 0 bridgehead atoms. The van der Waals surface area contributed by atoms with Gasteiger partial charge in [0.25, 0.3) is 10.0 Å². The Labute approximate surface area is 153 Å². The molecule has 1 heterocycles. The number of benzene rings is 2. The molecule has 1 aliphatic heterocycles. The molecule has 0 aromatic heterocycles. The van der Waals surface area contributed by atoms with E-state index < -0.39 is 10.0 Å². The van der Waals surface area contributed by atoms with Crippen molar-refractivity contribution in [2.24, 2.45) is 4.40 Å². The van der Waals surface area contributed by atoms with Gasteiger partial charge in [-0.15, -0.1) is 4.40 Å². The number of para-hydroxylation sites is 1. The Kier molecular flexibility index (Phi) is 4.91. The molecule has 130 valence electrons. The van der Waals surface area contributed by atoms with Gasteiger partial charge >= 0.3 is 0 Å². The summed E-state index contributed by atoms with van der Waals surface area (Å²) in [6.07, 6.45) is 1.12. The molecule has 0 radical (unpaired) electrons. The van der Waals surface area contributed by atoms with Crippen LogP contribution < -0.4 is 5.32 Å². The van der Waals surface area contributed by atoms with Gasteiger partial charge in [0.05, 0.1) is 5.69 Å². The summed E-state index contributed by atoms with van der Waals surface area (Å²) in [6.45, 7) is 0. The number of carbonyl (C=O) groups excluding carboxylic acids is 1. The second-order valence-corrected chi connectivity index (χ2v) is 8.07. The number of anilines is 1. The predicted octanol–water partition coefficient (Wildman–Crippen LogP) is 3.26. The number of amidine groups is 1. The number of carbonyl (C=O) groups is 1. The molecule has 3 rings (SSSR count). The fraction of sp³-hybridized carbons (Fsp3) is 0.176. The Morgan fingerprint density at radius 1 is 1.20 bits per heavy atom. The molecule has 0 atom stereocenters. The number of hydrogen-bond donors (Lipinski definition) is 2. The molecule has 0 saturated carbocycles. The Hall–Kier alpha value is -2.19. The van der Waals surface area contributed by atoms with Crippen LogP contribution >= 0.6 is 15.9 Å². The molecule has 8 heteroatoms. The van der Waals surface area contributed by atoms with E-state index >= 15 is 0 Å². The number of fused-ring (bicyclic) bond motifs is 1. The fourth-order valence-electron chi connectivity index (χ4n) is 2.53. The van der Waals surface area contributed by atoms with Gasteiger partial charge in [-0.1, -0.05) is 34.1 Å². The van der Waals surface area contributed by atoms with Crippen LogP contribution in [0.25, 0.3) is 0 Å². The van der Waals surface area contributed by atoms with Crippen LogP contribution in [0.1, 0.15) is 18.4 Å². The largest absolute Gasteiger partial charge is 0.508 e. The molecule has 0 fully saturated rings. The van der Waals surface area contributed by atoms with Crippen molar-refractivity contribution in [3.8, 4) is 5.75 Å². The molecular formula is C17H15BrN2O4S. The highest BCUT2D eigenvalue weighted by molar-refractivity contribution is 9.10. The number of aromatic hydroxyl groups is 1. The standard InChI is InChI=1S/C17H15BrN2O4S/c18-12-8-9-13-16(10-12)25(23,24)20-17(19-13)15(22)7-3-5-11-4-1-2-6-14(11)21/h1-2,4,6,8-10,21H,3,5,7H2,(H,19,20). The van der Waals surface area contributed by atoms with Crippen LogP contribution in [0.5, 0.6) is 5.75 Å². The zero-order valence-electron chi connectivity index (χ0n) is 13.1. The maximum absolute atomic E-state index is 12.3. The van der Waals surface area contributed by atoms with Crippen LogP contribution in [0.4, 0.5) is 5.69 Å². The van der Waals surface area contributed by atoms with E-state index in [0.29, 0.717) is 23.0 Å². The first-order valence-corrected chi connectivity index (χ1v) is 9.82. The van der Waals surface area contributed by atoms with Crippen molar-refractivity contribution in [3.05, 3.63) is 52.5 Å². The van der Waals surface area contributed by atoms with E-state index in [-0.39, 0.29) is 28.7 Å². The van der Waals surface area contributed by atoms with Gasteiger partial charge in [-0.25, -0.2) is 0 Å². The summed E-state index contributed by atoms with van der Waals surface area (Å²) in [5, 5.41) is 12.5. The minimum atomic E-state index is -3.91. The van der Waals surface area contributed by atoms with Gasteiger partial charge in [0.2, 0.25) is 0 Å². The number of phenolic OH excluding ortho intramolecular Hbond substituents is 1. The third-order valence-corrected chi connectivity index (χ3v) is 5.60. The van der Waals surface area contributed by atoms with Crippen LogP contribution in [-0.2, 0) is 21.2 Å². The van der Waals surface area contributed by atoms with Crippen LogP contribution in [0.2, 0.25) is 0 Å². The van der Waals surface area contributed by atoms with Crippen molar-refractivity contribution in [2.45, 2.75) is 24.2 Å². The molecule has 2 aromatic rings. The van der Waals surface area contributed by atoms with Gasteiger partial charge in [0.15, 0.2) is 11.6 Å². The quantitative estimate of drug-likeness (QED) is 0.770. The summed E-state index contributed by atoms with van der Waals surface area (Å²) in [5.74, 6) is -0.371. The summed E-state index contributed by atoms with van der Waals surface area (Å²) in [7, 11) is -3.91. The van der Waals surface area contributed by atoms with Crippen molar-refractivity contribution >= 4 is 43.3 Å². The number of phenols is 1. The molecule has 0 unspecified atom stereocenters. The molecule has 0 amide bonds. The monoisotopic (exact) mass is 422 g/mol. The summed E-state index contributed by atoms with van der Waals surface area (Å²) >= 11 is 3.22. The number of aryl methyl sites for hydroxylation is 1. The normalized spacial score (nSPS) is 15.0. The molecule has 6 nitrogen and oxygen atoms in total. The van der Waals surface area contributed by atoms with Crippen molar-refractivity contribution in [3.63, 3.8) is 0 Å². The maximum Gasteiger partial charge on any atom is 0.286 e. The highest BCUT2D eigenvalue weighted by atomic mass is 79.9. The van der Waals surface area contributed by atoms with Crippen molar-refractivity contribution in [1.29, 1.82) is 0 Å². The SMILES string of the molecule is O=C(CCCc1ccccc1O)C1=NS(=O)(=O)c2cc(Br)ccc2N1. The first-order chi connectivity index (χ1) is 11.9. The number of Topliss-reactive ketones (excluding diaryl/α,β-unsaturated/α-hetero) is 1. The van der Waals surface area contributed by atoms with E-state index in [4.69, 9.17) is 0 Å². The third kappa shape index (κ3) is 3.91. The maximum atomic E-state index is 12.3. The van der Waals surface area contributed by atoms with Gasteiger partial charge in [-0.2, -0.15) is 8.42 Å². The van der Waals surface area contributed by atoms with Crippen LogP contribution in [0, 0.1) is 0 Å². The van der Waals surface area contributed by atoms with E-state index in [1.54, 1.807) is 30.3 Å². The van der Waals surface area contributed by atoms with Crippen molar-refractivity contribution in [2.75, 3.05) is 5.32 Å². The Bertz CT molecular complexity index is 970. The Morgan fingerprint density at radius 2 is 1.96 bits per heavy atom. The van der Waals surface area contributed by atoms with Crippen LogP contribution in [-0.4, -0.2) is 25.1 Å². The zero-order valence-corrected chi connectivity index (χ0v) is 15.5. The lowest BCUT2D eigenvalue weighted by Gasteiger charge is -2.17. The molecule has 2 aromatic carbocycles. The minimum Gasteiger partial charge on any atom is -0.508 e. The summed E-state index contributed by atoms with van der Waals surface area (Å²) in [4.78, 5) is 12.3. The number of sulfonamides is 1. The molecule has 2 N–H and O–H groups in total. The lowest BCUT2D eigenvalue weighted by molar-refractivity contribution is -0.113. The van der Waals surface area contributed by atoms with E-state index in [1.165, 1.54) is 6.07 Å². The van der Waals surface area contributed by atoms with E-state index in [2.05, 4.69) is 25.6 Å². The Balaban J connectivity index is 1.70. The summed E-state index contributed by atoms with van der Waals surface area (Å²) < 4.78 is 28.7. The second kappa shape index (κ2) is 6.97. The molecule has 0 aliphatic carbocycles. The smallest absolute Gasteiger partial charge is 0.286 e. The van der Waals surface area contributed by atoms with Gasteiger partial charge in [-0.05, 0) is 42.7 Å². The van der Waals surface area contributed by atoms with E-state index in [1.807, 2.05) is 6.07 Å². The lowest BCUT2D eigenvalue weighted by Crippen LogP contribution is -2.28.